The van der Waals surface area contributed by atoms with Crippen LogP contribution in [0.25, 0.3) is 0 Å². The summed E-state index contributed by atoms with van der Waals surface area (Å²) in [4.78, 5) is 12.1. The Kier molecular flexibility index (Phi) is 4.26. The van der Waals surface area contributed by atoms with Gasteiger partial charge in [0, 0.05) is 31.9 Å². The van der Waals surface area contributed by atoms with Crippen LogP contribution in [-0.2, 0) is 20.7 Å². The maximum absolute atomic E-state index is 12.1. The minimum absolute atomic E-state index is 0.0136. The van der Waals surface area contributed by atoms with Crippen molar-refractivity contribution in [1.82, 2.24) is 10.5 Å². The molecule has 0 unspecified atom stereocenters. The average molecular weight is 294 g/mol. The number of carbonyl (C=O) groups excluding carboxylic acids is 1. The molecule has 2 aliphatic rings. The van der Waals surface area contributed by atoms with Gasteiger partial charge in [0.2, 0.25) is 5.91 Å². The molecule has 0 saturated carbocycles. The van der Waals surface area contributed by atoms with Gasteiger partial charge in [0.15, 0.2) is 0 Å². The first-order chi connectivity index (χ1) is 10.2. The van der Waals surface area contributed by atoms with Crippen molar-refractivity contribution in [2.24, 2.45) is 0 Å². The molecule has 1 spiro atoms. The fourth-order valence-corrected chi connectivity index (χ4v) is 3.18. The summed E-state index contributed by atoms with van der Waals surface area (Å²) in [6.45, 7) is 4.04. The summed E-state index contributed by atoms with van der Waals surface area (Å²) in [5, 5.41) is 6.90. The molecular formula is C15H22N2O4. The van der Waals surface area contributed by atoms with Crippen molar-refractivity contribution in [3.8, 4) is 0 Å². The largest absolute Gasteiger partial charge is 0.381 e. The maximum Gasteiger partial charge on any atom is 0.227 e. The molecule has 2 aliphatic heterocycles. The Balaban J connectivity index is 1.53. The standard InChI is InChI=1S/C15H22N2O4/c1-11-8-13(21-17-11)9-14(18)16-12-2-5-20-15(10-12)3-6-19-7-4-15/h8,12H,2-7,9-10H2,1H3,(H,16,18)/t12-/m0/s1. The van der Waals surface area contributed by atoms with Crippen LogP contribution in [0, 0.1) is 6.92 Å². The molecule has 6 nitrogen and oxygen atoms in total. The maximum atomic E-state index is 12.1. The molecule has 3 rings (SSSR count). The Labute approximate surface area is 124 Å². The van der Waals surface area contributed by atoms with E-state index in [0.29, 0.717) is 12.4 Å². The van der Waals surface area contributed by atoms with E-state index in [1.807, 2.05) is 6.92 Å². The van der Waals surface area contributed by atoms with Gasteiger partial charge in [-0.25, -0.2) is 0 Å². The minimum Gasteiger partial charge on any atom is -0.381 e. The molecule has 1 amide bonds. The lowest BCUT2D eigenvalue weighted by atomic mass is 9.84. The van der Waals surface area contributed by atoms with Crippen molar-refractivity contribution in [1.29, 1.82) is 0 Å². The summed E-state index contributed by atoms with van der Waals surface area (Å²) >= 11 is 0. The molecule has 21 heavy (non-hydrogen) atoms. The number of carbonyl (C=O) groups is 1. The molecule has 2 fully saturated rings. The number of nitrogens with one attached hydrogen (secondary N) is 1. The van der Waals surface area contributed by atoms with E-state index in [2.05, 4.69) is 10.5 Å². The van der Waals surface area contributed by atoms with E-state index in [0.717, 1.165) is 44.6 Å². The number of hydrogen-bond donors (Lipinski definition) is 1. The highest BCUT2D eigenvalue weighted by atomic mass is 16.5. The molecule has 1 aromatic rings. The third kappa shape index (κ3) is 3.63. The van der Waals surface area contributed by atoms with E-state index in [4.69, 9.17) is 14.0 Å². The highest BCUT2D eigenvalue weighted by Crippen LogP contribution is 2.34. The Morgan fingerprint density at radius 1 is 1.43 bits per heavy atom. The van der Waals surface area contributed by atoms with Crippen molar-refractivity contribution in [3.05, 3.63) is 17.5 Å². The average Bonchev–Trinajstić information content (AvgIpc) is 2.85. The Hall–Kier alpha value is -1.40. The molecule has 116 valence electrons. The molecular weight excluding hydrogens is 272 g/mol. The van der Waals surface area contributed by atoms with Crippen molar-refractivity contribution in [2.75, 3.05) is 19.8 Å². The van der Waals surface area contributed by atoms with Crippen LogP contribution in [0.1, 0.15) is 37.1 Å². The zero-order valence-electron chi connectivity index (χ0n) is 12.4. The van der Waals surface area contributed by atoms with Gasteiger partial charge in [-0.15, -0.1) is 0 Å². The van der Waals surface area contributed by atoms with E-state index >= 15 is 0 Å². The van der Waals surface area contributed by atoms with Crippen molar-refractivity contribution < 1.29 is 18.8 Å². The molecule has 0 aliphatic carbocycles. The van der Waals surface area contributed by atoms with E-state index < -0.39 is 0 Å². The Bertz CT molecular complexity index is 488. The lowest BCUT2D eigenvalue weighted by molar-refractivity contribution is -0.143. The van der Waals surface area contributed by atoms with Crippen LogP contribution in [0.3, 0.4) is 0 Å². The van der Waals surface area contributed by atoms with E-state index in [-0.39, 0.29) is 24.0 Å². The second-order valence-corrected chi connectivity index (χ2v) is 6.01. The second-order valence-electron chi connectivity index (χ2n) is 6.01. The highest BCUT2D eigenvalue weighted by molar-refractivity contribution is 5.78. The van der Waals surface area contributed by atoms with Gasteiger partial charge in [-0.1, -0.05) is 5.16 Å². The van der Waals surface area contributed by atoms with Gasteiger partial charge in [-0.3, -0.25) is 4.79 Å². The summed E-state index contributed by atoms with van der Waals surface area (Å²) < 4.78 is 16.5. The quantitative estimate of drug-likeness (QED) is 0.911. The number of ether oxygens (including phenoxy) is 2. The lowest BCUT2D eigenvalue weighted by Crippen LogP contribution is -2.51. The first kappa shape index (κ1) is 14.5. The molecule has 0 bridgehead atoms. The van der Waals surface area contributed by atoms with Crippen molar-refractivity contribution in [3.63, 3.8) is 0 Å². The fraction of sp³-hybridized carbons (Fsp3) is 0.733. The van der Waals surface area contributed by atoms with Crippen LogP contribution < -0.4 is 5.32 Å². The predicted molar refractivity (Wildman–Crippen MR) is 74.8 cm³/mol. The Morgan fingerprint density at radius 2 is 2.24 bits per heavy atom. The molecule has 6 heteroatoms. The Morgan fingerprint density at radius 3 is 2.95 bits per heavy atom. The van der Waals surface area contributed by atoms with E-state index in [1.54, 1.807) is 6.07 Å². The summed E-state index contributed by atoms with van der Waals surface area (Å²) in [6.07, 6.45) is 3.82. The number of nitrogens with zero attached hydrogens (tertiary/aromatic N) is 1. The zero-order valence-corrected chi connectivity index (χ0v) is 12.4. The second kappa shape index (κ2) is 6.15. The molecule has 2 saturated heterocycles. The summed E-state index contributed by atoms with van der Waals surface area (Å²) in [7, 11) is 0. The van der Waals surface area contributed by atoms with Crippen LogP contribution >= 0.6 is 0 Å². The number of amides is 1. The molecule has 0 aromatic carbocycles. The van der Waals surface area contributed by atoms with Gasteiger partial charge >= 0.3 is 0 Å². The van der Waals surface area contributed by atoms with Crippen LogP contribution in [-0.4, -0.2) is 42.5 Å². The first-order valence-electron chi connectivity index (χ1n) is 7.58. The normalized spacial score (nSPS) is 24.9. The number of rotatable bonds is 3. The topological polar surface area (TPSA) is 73.6 Å². The third-order valence-corrected chi connectivity index (χ3v) is 4.27. The monoisotopic (exact) mass is 294 g/mol. The molecule has 1 atom stereocenters. The van der Waals surface area contributed by atoms with Gasteiger partial charge < -0.3 is 19.3 Å². The predicted octanol–water partition coefficient (Wildman–Crippen LogP) is 1.37. The molecule has 1 N–H and O–H groups in total. The van der Waals surface area contributed by atoms with Crippen LogP contribution in [0.4, 0.5) is 0 Å². The summed E-state index contributed by atoms with van der Waals surface area (Å²) in [5.41, 5.74) is 0.696. The van der Waals surface area contributed by atoms with Crippen LogP contribution in [0.2, 0.25) is 0 Å². The first-order valence-corrected chi connectivity index (χ1v) is 7.58. The van der Waals surface area contributed by atoms with Crippen molar-refractivity contribution in [2.45, 2.75) is 50.7 Å². The number of aromatic nitrogens is 1. The SMILES string of the molecule is Cc1cc(CC(=O)N[C@H]2CCOC3(CCOCC3)C2)on1. The smallest absolute Gasteiger partial charge is 0.227 e. The van der Waals surface area contributed by atoms with Gasteiger partial charge in [-0.05, 0) is 32.6 Å². The van der Waals surface area contributed by atoms with Gasteiger partial charge in [-0.2, -0.15) is 0 Å². The van der Waals surface area contributed by atoms with Crippen LogP contribution in [0.5, 0.6) is 0 Å². The molecule has 0 radical (unpaired) electrons. The van der Waals surface area contributed by atoms with Crippen LogP contribution in [0.15, 0.2) is 10.6 Å². The lowest BCUT2D eigenvalue weighted by Gasteiger charge is -2.43. The van der Waals surface area contributed by atoms with E-state index in [9.17, 15) is 4.79 Å². The molecule has 1 aromatic heterocycles. The van der Waals surface area contributed by atoms with Gasteiger partial charge in [0.25, 0.3) is 0 Å². The summed E-state index contributed by atoms with van der Waals surface area (Å²) in [6, 6.07) is 1.97. The van der Waals surface area contributed by atoms with Gasteiger partial charge in [0.1, 0.15) is 5.76 Å². The van der Waals surface area contributed by atoms with Gasteiger partial charge in [0.05, 0.1) is 17.7 Å². The fourth-order valence-electron chi connectivity index (χ4n) is 3.18. The highest BCUT2D eigenvalue weighted by Gasteiger charge is 2.39. The molecule has 3 heterocycles. The number of aryl methyl sites for hydroxylation is 1. The zero-order chi connectivity index (χ0) is 14.7. The van der Waals surface area contributed by atoms with Crippen molar-refractivity contribution >= 4 is 5.91 Å². The number of hydrogen-bond acceptors (Lipinski definition) is 5. The van der Waals surface area contributed by atoms with E-state index in [1.165, 1.54) is 0 Å². The third-order valence-electron chi connectivity index (χ3n) is 4.27. The minimum atomic E-state index is -0.0999. The summed E-state index contributed by atoms with van der Waals surface area (Å²) in [5.74, 6) is 0.595.